The minimum atomic E-state index is -0.436. The highest BCUT2D eigenvalue weighted by atomic mass is 16.5. The molecule has 178 valence electrons. The minimum Gasteiger partial charge on any atom is -0.497 e. The van der Waals surface area contributed by atoms with Gasteiger partial charge in [-0.15, -0.1) is 0 Å². The lowest BCUT2D eigenvalue weighted by molar-refractivity contribution is -0.124. The molecule has 0 aliphatic rings. The fourth-order valence-corrected chi connectivity index (χ4v) is 3.10. The zero-order valence-electron chi connectivity index (χ0n) is 19.6. The van der Waals surface area contributed by atoms with E-state index in [4.69, 9.17) is 14.2 Å². The largest absolute Gasteiger partial charge is 0.497 e. The Bertz CT molecular complexity index is 959. The second-order valence-corrected chi connectivity index (χ2v) is 7.70. The first-order chi connectivity index (χ1) is 15.8. The molecule has 0 atom stereocenters. The fourth-order valence-electron chi connectivity index (χ4n) is 3.10. The predicted molar refractivity (Wildman–Crippen MR) is 125 cm³/mol. The van der Waals surface area contributed by atoms with Crippen LogP contribution in [0.3, 0.4) is 0 Å². The van der Waals surface area contributed by atoms with Gasteiger partial charge in [-0.1, -0.05) is 13.8 Å². The van der Waals surface area contributed by atoms with Gasteiger partial charge < -0.3 is 29.7 Å². The SMILES string of the molecule is COc1ccc(NC(=O)CNC(=O)CN(CC(C)C)C(=O)c2ccc(OC)c(OC)c2)cc1. The molecule has 0 aromatic heterocycles. The minimum absolute atomic E-state index is 0.139. The molecule has 0 spiro atoms. The summed E-state index contributed by atoms with van der Waals surface area (Å²) in [6.07, 6.45) is 0. The summed E-state index contributed by atoms with van der Waals surface area (Å²) in [6, 6.07) is 11.7. The number of carbonyl (C=O) groups is 3. The molecule has 2 aromatic carbocycles. The van der Waals surface area contributed by atoms with Gasteiger partial charge in [0.15, 0.2) is 11.5 Å². The van der Waals surface area contributed by atoms with Crippen LogP contribution in [0.5, 0.6) is 17.2 Å². The molecule has 0 radical (unpaired) electrons. The summed E-state index contributed by atoms with van der Waals surface area (Å²) in [5, 5.41) is 5.25. The number of ether oxygens (including phenoxy) is 3. The predicted octanol–water partition coefficient (Wildman–Crippen LogP) is 2.57. The molecule has 0 saturated carbocycles. The lowest BCUT2D eigenvalue weighted by Gasteiger charge is -2.24. The van der Waals surface area contributed by atoms with Gasteiger partial charge in [-0.05, 0) is 48.4 Å². The van der Waals surface area contributed by atoms with E-state index in [1.54, 1.807) is 49.6 Å². The second kappa shape index (κ2) is 12.3. The third-order valence-corrected chi connectivity index (χ3v) is 4.66. The van der Waals surface area contributed by atoms with Crippen molar-refractivity contribution < 1.29 is 28.6 Å². The molecule has 2 N–H and O–H groups in total. The Labute approximate surface area is 194 Å². The van der Waals surface area contributed by atoms with Crippen molar-refractivity contribution in [1.82, 2.24) is 10.2 Å². The molecular weight excluding hydrogens is 426 g/mol. The van der Waals surface area contributed by atoms with Crippen LogP contribution >= 0.6 is 0 Å². The van der Waals surface area contributed by atoms with E-state index >= 15 is 0 Å². The van der Waals surface area contributed by atoms with Crippen LogP contribution in [0.4, 0.5) is 5.69 Å². The Balaban J connectivity index is 1.98. The average molecular weight is 458 g/mol. The lowest BCUT2D eigenvalue weighted by atomic mass is 10.1. The van der Waals surface area contributed by atoms with Crippen molar-refractivity contribution in [3.05, 3.63) is 48.0 Å². The summed E-state index contributed by atoms with van der Waals surface area (Å²) in [4.78, 5) is 39.2. The van der Waals surface area contributed by atoms with E-state index in [9.17, 15) is 14.4 Å². The molecule has 9 heteroatoms. The Kier molecular flexibility index (Phi) is 9.53. The molecule has 33 heavy (non-hydrogen) atoms. The number of hydrogen-bond acceptors (Lipinski definition) is 6. The van der Waals surface area contributed by atoms with Gasteiger partial charge in [0, 0.05) is 17.8 Å². The number of amides is 3. The maximum Gasteiger partial charge on any atom is 0.254 e. The van der Waals surface area contributed by atoms with Gasteiger partial charge in [0.1, 0.15) is 5.75 Å². The maximum atomic E-state index is 13.1. The highest BCUT2D eigenvalue weighted by Gasteiger charge is 2.21. The van der Waals surface area contributed by atoms with Gasteiger partial charge in [-0.2, -0.15) is 0 Å². The van der Waals surface area contributed by atoms with Crippen LogP contribution in [0.1, 0.15) is 24.2 Å². The van der Waals surface area contributed by atoms with E-state index in [0.717, 1.165) is 0 Å². The Hall–Kier alpha value is -3.75. The van der Waals surface area contributed by atoms with Gasteiger partial charge in [-0.3, -0.25) is 14.4 Å². The third kappa shape index (κ3) is 7.71. The average Bonchev–Trinajstić information content (AvgIpc) is 2.81. The van der Waals surface area contributed by atoms with Gasteiger partial charge in [-0.25, -0.2) is 0 Å². The zero-order chi connectivity index (χ0) is 24.4. The van der Waals surface area contributed by atoms with E-state index in [1.165, 1.54) is 19.1 Å². The normalized spacial score (nSPS) is 10.4. The molecule has 0 saturated heterocycles. The molecule has 2 rings (SSSR count). The first-order valence-electron chi connectivity index (χ1n) is 10.5. The topological polar surface area (TPSA) is 106 Å². The summed E-state index contributed by atoms with van der Waals surface area (Å²) < 4.78 is 15.6. The van der Waals surface area contributed by atoms with E-state index in [2.05, 4.69) is 10.6 Å². The highest BCUT2D eigenvalue weighted by molar-refractivity contribution is 5.98. The van der Waals surface area contributed by atoms with Gasteiger partial charge in [0.2, 0.25) is 11.8 Å². The van der Waals surface area contributed by atoms with Crippen molar-refractivity contribution in [2.45, 2.75) is 13.8 Å². The zero-order valence-corrected chi connectivity index (χ0v) is 19.6. The number of rotatable bonds is 11. The molecule has 0 aliphatic heterocycles. The van der Waals surface area contributed by atoms with E-state index in [0.29, 0.717) is 35.0 Å². The van der Waals surface area contributed by atoms with Crippen molar-refractivity contribution in [2.24, 2.45) is 5.92 Å². The lowest BCUT2D eigenvalue weighted by Crippen LogP contribution is -2.44. The van der Waals surface area contributed by atoms with Crippen LogP contribution in [0.2, 0.25) is 0 Å². The monoisotopic (exact) mass is 457 g/mol. The molecule has 2 aromatic rings. The standard InChI is InChI=1S/C24H31N3O6/c1-16(2)14-27(24(30)17-6-11-20(32-4)21(12-17)33-5)15-23(29)25-13-22(28)26-18-7-9-19(31-3)10-8-18/h6-12,16H,13-15H2,1-5H3,(H,25,29)(H,26,28). The first kappa shape index (κ1) is 25.5. The summed E-state index contributed by atoms with van der Waals surface area (Å²) in [5.74, 6) is 0.607. The van der Waals surface area contributed by atoms with Gasteiger partial charge in [0.25, 0.3) is 5.91 Å². The highest BCUT2D eigenvalue weighted by Crippen LogP contribution is 2.28. The van der Waals surface area contributed by atoms with Crippen LogP contribution in [0.15, 0.2) is 42.5 Å². The van der Waals surface area contributed by atoms with E-state index in [-0.39, 0.29) is 30.8 Å². The Morgan fingerprint density at radius 2 is 1.55 bits per heavy atom. The van der Waals surface area contributed by atoms with Crippen molar-refractivity contribution in [2.75, 3.05) is 46.3 Å². The number of carbonyl (C=O) groups excluding carboxylic acids is 3. The number of benzene rings is 2. The van der Waals surface area contributed by atoms with Crippen LogP contribution in [-0.2, 0) is 9.59 Å². The maximum absolute atomic E-state index is 13.1. The van der Waals surface area contributed by atoms with E-state index < -0.39 is 5.91 Å². The third-order valence-electron chi connectivity index (χ3n) is 4.66. The fraction of sp³-hybridized carbons (Fsp3) is 0.375. The van der Waals surface area contributed by atoms with E-state index in [1.807, 2.05) is 13.8 Å². The summed E-state index contributed by atoms with van der Waals surface area (Å²) in [7, 11) is 4.56. The van der Waals surface area contributed by atoms with Crippen LogP contribution in [0.25, 0.3) is 0 Å². The number of hydrogen-bond donors (Lipinski definition) is 2. The molecular formula is C24H31N3O6. The summed E-state index contributed by atoms with van der Waals surface area (Å²) in [6.45, 7) is 3.88. The van der Waals surface area contributed by atoms with Gasteiger partial charge >= 0.3 is 0 Å². The Morgan fingerprint density at radius 1 is 0.879 bits per heavy atom. The molecule has 3 amide bonds. The summed E-state index contributed by atoms with van der Waals surface area (Å²) in [5.41, 5.74) is 0.957. The van der Waals surface area contributed by atoms with Crippen LogP contribution < -0.4 is 24.8 Å². The molecule has 9 nitrogen and oxygen atoms in total. The Morgan fingerprint density at radius 3 is 2.12 bits per heavy atom. The summed E-state index contributed by atoms with van der Waals surface area (Å²) >= 11 is 0. The number of nitrogens with one attached hydrogen (secondary N) is 2. The van der Waals surface area contributed by atoms with Crippen molar-refractivity contribution in [3.63, 3.8) is 0 Å². The van der Waals surface area contributed by atoms with Crippen LogP contribution in [0, 0.1) is 5.92 Å². The number of anilines is 1. The first-order valence-corrected chi connectivity index (χ1v) is 10.5. The molecule has 0 unspecified atom stereocenters. The quantitative estimate of drug-likeness (QED) is 0.537. The van der Waals surface area contributed by atoms with Crippen molar-refractivity contribution in [1.29, 1.82) is 0 Å². The molecule has 0 aliphatic carbocycles. The van der Waals surface area contributed by atoms with Gasteiger partial charge in [0.05, 0.1) is 34.4 Å². The number of nitrogens with zero attached hydrogens (tertiary/aromatic N) is 1. The molecule has 0 fully saturated rings. The molecule has 0 bridgehead atoms. The smallest absolute Gasteiger partial charge is 0.254 e. The van der Waals surface area contributed by atoms with Crippen molar-refractivity contribution in [3.8, 4) is 17.2 Å². The van der Waals surface area contributed by atoms with Crippen LogP contribution in [-0.4, -0.2) is 63.6 Å². The second-order valence-electron chi connectivity index (χ2n) is 7.70. The molecule has 0 heterocycles. The number of methoxy groups -OCH3 is 3. The van der Waals surface area contributed by atoms with Crippen molar-refractivity contribution >= 4 is 23.4 Å².